The maximum Gasteiger partial charge on any atom is 0.322 e. The minimum absolute atomic E-state index is 0.00515. The van der Waals surface area contributed by atoms with Crippen LogP contribution < -0.4 is 15.4 Å². The molecule has 3 rings (SSSR count). The van der Waals surface area contributed by atoms with E-state index in [0.717, 1.165) is 0 Å². The number of carbonyl (C=O) groups excluding carboxylic acids is 3. The number of hydrogen-bond acceptors (Lipinski definition) is 5. The van der Waals surface area contributed by atoms with Gasteiger partial charge < -0.3 is 15.0 Å². The average Bonchev–Trinajstić information content (AvgIpc) is 3.03. The van der Waals surface area contributed by atoms with Gasteiger partial charge in [-0.15, -0.1) is 0 Å². The first-order chi connectivity index (χ1) is 14.0. The van der Waals surface area contributed by atoms with Gasteiger partial charge in [0.25, 0.3) is 5.91 Å². The van der Waals surface area contributed by atoms with Gasteiger partial charge in [0, 0.05) is 24.5 Å². The Labute approximate surface area is 166 Å². The van der Waals surface area contributed by atoms with Crippen LogP contribution in [0.2, 0.25) is 0 Å². The van der Waals surface area contributed by atoms with E-state index in [1.54, 1.807) is 30.6 Å². The van der Waals surface area contributed by atoms with Crippen molar-refractivity contribution >= 4 is 18.3 Å². The number of nitrogens with zero attached hydrogens (tertiary/aromatic N) is 2. The summed E-state index contributed by atoms with van der Waals surface area (Å²) in [5, 5.41) is 4.47. The lowest BCUT2D eigenvalue weighted by molar-refractivity contribution is -0.108. The van der Waals surface area contributed by atoms with Crippen LogP contribution in [0.3, 0.4) is 0 Å². The zero-order chi connectivity index (χ0) is 20.8. The van der Waals surface area contributed by atoms with Crippen LogP contribution in [-0.4, -0.2) is 47.9 Å². The number of imide groups is 1. The first-order valence-corrected chi connectivity index (χ1v) is 8.60. The van der Waals surface area contributed by atoms with E-state index in [-0.39, 0.29) is 30.8 Å². The monoisotopic (exact) mass is 396 g/mol. The molecule has 1 aromatic carbocycles. The predicted octanol–water partition coefficient (Wildman–Crippen LogP) is 1.06. The van der Waals surface area contributed by atoms with E-state index in [1.165, 1.54) is 18.1 Å². The molecule has 1 aliphatic rings. The van der Waals surface area contributed by atoms with E-state index < -0.39 is 23.8 Å². The lowest BCUT2D eigenvalue weighted by Gasteiger charge is -2.21. The Balaban J connectivity index is 1.81. The number of nitrogens with one attached hydrogen (secondary N) is 2. The summed E-state index contributed by atoms with van der Waals surface area (Å²) in [4.78, 5) is 40.3. The van der Waals surface area contributed by atoms with Crippen molar-refractivity contribution in [1.29, 1.82) is 0 Å². The van der Waals surface area contributed by atoms with Gasteiger partial charge in [0.2, 0.25) is 6.41 Å². The molecule has 0 spiro atoms. The Morgan fingerprint density at radius 2 is 2.28 bits per heavy atom. The fourth-order valence-electron chi connectivity index (χ4n) is 2.91. The van der Waals surface area contributed by atoms with Crippen molar-refractivity contribution in [3.05, 3.63) is 59.2 Å². The second-order valence-electron chi connectivity index (χ2n) is 6.10. The normalized spacial score (nSPS) is 13.0. The summed E-state index contributed by atoms with van der Waals surface area (Å²) in [6.45, 7) is 0.159. The van der Waals surface area contributed by atoms with Gasteiger partial charge in [0.05, 0.1) is 19.2 Å². The Morgan fingerprint density at radius 1 is 1.45 bits per heavy atom. The highest BCUT2D eigenvalue weighted by molar-refractivity contribution is 5.99. The molecule has 1 atom stereocenters. The van der Waals surface area contributed by atoms with Crippen molar-refractivity contribution in [1.82, 2.24) is 20.5 Å². The van der Waals surface area contributed by atoms with Crippen LogP contribution in [0.1, 0.15) is 21.5 Å². The topological polar surface area (TPSA) is 101 Å². The standard InChI is InChI=1S/C20H17FN4O4/c1-29-16-7-5-14-10-25(19(27)17(14)18(16)21)11-15(24-20(28)23-12-26)6-4-13-3-2-8-22-9-13/h2-3,5,7-9,12,15H,10-11H2,1H3,(H2,23,24,26,28)/t15-/m1/s1. The molecule has 2 N–H and O–H groups in total. The highest BCUT2D eigenvalue weighted by Crippen LogP contribution is 2.30. The molecular formula is C20H17FN4O4. The number of pyridine rings is 1. The van der Waals surface area contributed by atoms with Gasteiger partial charge in [0.15, 0.2) is 11.6 Å². The zero-order valence-electron chi connectivity index (χ0n) is 15.4. The van der Waals surface area contributed by atoms with Crippen molar-refractivity contribution in [3.8, 4) is 17.6 Å². The Morgan fingerprint density at radius 3 is 2.97 bits per heavy atom. The van der Waals surface area contributed by atoms with Crippen LogP contribution >= 0.6 is 0 Å². The molecule has 29 heavy (non-hydrogen) atoms. The summed E-state index contributed by atoms with van der Waals surface area (Å²) >= 11 is 0. The molecule has 0 bridgehead atoms. The smallest absolute Gasteiger partial charge is 0.322 e. The number of rotatable bonds is 5. The molecule has 0 radical (unpaired) electrons. The highest BCUT2D eigenvalue weighted by atomic mass is 19.1. The van der Waals surface area contributed by atoms with Crippen molar-refractivity contribution in [2.45, 2.75) is 12.6 Å². The number of fused-ring (bicyclic) bond motifs is 1. The van der Waals surface area contributed by atoms with Crippen molar-refractivity contribution in [2.75, 3.05) is 13.7 Å². The van der Waals surface area contributed by atoms with Gasteiger partial charge in [0.1, 0.15) is 6.04 Å². The van der Waals surface area contributed by atoms with Crippen LogP contribution in [0.5, 0.6) is 5.75 Å². The Bertz CT molecular complexity index is 1000. The molecule has 8 nitrogen and oxygen atoms in total. The molecule has 0 fully saturated rings. The first kappa shape index (κ1) is 19.8. The zero-order valence-corrected chi connectivity index (χ0v) is 15.4. The number of halogens is 1. The van der Waals surface area contributed by atoms with E-state index >= 15 is 0 Å². The third kappa shape index (κ3) is 4.50. The molecule has 1 aromatic heterocycles. The Kier molecular flexibility index (Phi) is 6.04. The number of methoxy groups -OCH3 is 1. The Hall–Kier alpha value is -3.93. The summed E-state index contributed by atoms with van der Waals surface area (Å²) in [5.41, 5.74) is 1.08. The minimum atomic E-state index is -0.807. The second-order valence-corrected chi connectivity index (χ2v) is 6.10. The summed E-state index contributed by atoms with van der Waals surface area (Å²) in [7, 11) is 1.32. The van der Waals surface area contributed by atoms with E-state index in [4.69, 9.17) is 4.74 Å². The molecule has 148 valence electrons. The number of benzene rings is 1. The van der Waals surface area contributed by atoms with Crippen LogP contribution in [0.4, 0.5) is 9.18 Å². The average molecular weight is 396 g/mol. The van der Waals surface area contributed by atoms with E-state index in [0.29, 0.717) is 11.1 Å². The molecule has 1 aliphatic heterocycles. The van der Waals surface area contributed by atoms with Gasteiger partial charge >= 0.3 is 6.03 Å². The van der Waals surface area contributed by atoms with Crippen LogP contribution in [0.15, 0.2) is 36.7 Å². The molecule has 0 aliphatic carbocycles. The van der Waals surface area contributed by atoms with Gasteiger partial charge in [-0.1, -0.05) is 17.9 Å². The van der Waals surface area contributed by atoms with Crippen molar-refractivity contribution in [3.63, 3.8) is 0 Å². The van der Waals surface area contributed by atoms with Crippen molar-refractivity contribution in [2.24, 2.45) is 0 Å². The van der Waals surface area contributed by atoms with E-state index in [1.807, 2.05) is 5.32 Å². The lowest BCUT2D eigenvalue weighted by Crippen LogP contribution is -2.46. The van der Waals surface area contributed by atoms with Crippen LogP contribution in [0.25, 0.3) is 0 Å². The van der Waals surface area contributed by atoms with E-state index in [2.05, 4.69) is 22.1 Å². The molecule has 2 aromatic rings. The number of aromatic nitrogens is 1. The molecule has 9 heteroatoms. The molecular weight excluding hydrogens is 379 g/mol. The van der Waals surface area contributed by atoms with E-state index in [9.17, 15) is 18.8 Å². The lowest BCUT2D eigenvalue weighted by atomic mass is 10.1. The fraction of sp³-hybridized carbons (Fsp3) is 0.200. The number of carbonyl (C=O) groups is 3. The maximum absolute atomic E-state index is 14.5. The number of ether oxygens (including phenoxy) is 1. The molecule has 2 heterocycles. The third-order valence-electron chi connectivity index (χ3n) is 4.23. The molecule has 4 amide bonds. The van der Waals surface area contributed by atoms with Gasteiger partial charge in [-0.05, 0) is 23.8 Å². The highest BCUT2D eigenvalue weighted by Gasteiger charge is 2.33. The quantitative estimate of drug-likeness (QED) is 0.582. The maximum atomic E-state index is 14.5. The van der Waals surface area contributed by atoms with Gasteiger partial charge in [-0.2, -0.15) is 0 Å². The second kappa shape index (κ2) is 8.84. The largest absolute Gasteiger partial charge is 0.494 e. The van der Waals surface area contributed by atoms with Crippen LogP contribution in [-0.2, 0) is 11.3 Å². The number of hydrogen-bond donors (Lipinski definition) is 2. The van der Waals surface area contributed by atoms with Crippen LogP contribution in [0, 0.1) is 17.7 Å². The first-order valence-electron chi connectivity index (χ1n) is 8.60. The number of urea groups is 1. The van der Waals surface area contributed by atoms with Crippen molar-refractivity contribution < 1.29 is 23.5 Å². The minimum Gasteiger partial charge on any atom is -0.494 e. The molecule has 0 saturated heterocycles. The van der Waals surface area contributed by atoms with Gasteiger partial charge in [-0.3, -0.25) is 19.9 Å². The fourth-order valence-corrected chi connectivity index (χ4v) is 2.91. The van der Waals surface area contributed by atoms with Gasteiger partial charge in [-0.25, -0.2) is 9.18 Å². The molecule has 0 unspecified atom stereocenters. The molecule has 0 saturated carbocycles. The predicted molar refractivity (Wildman–Crippen MR) is 100 cm³/mol. The third-order valence-corrected chi connectivity index (χ3v) is 4.23. The SMILES string of the molecule is COc1ccc2c(c1F)C(=O)N(C[C@@H](C#Cc1cccnc1)NC(=O)NC=O)C2. The summed E-state index contributed by atoms with van der Waals surface area (Å²) in [6, 6.07) is 4.96. The summed E-state index contributed by atoms with van der Waals surface area (Å²) in [6.07, 6.45) is 3.38. The summed E-state index contributed by atoms with van der Waals surface area (Å²) in [5.74, 6) is 4.44. The summed E-state index contributed by atoms with van der Waals surface area (Å²) < 4.78 is 19.4. The number of amides is 4.